The van der Waals surface area contributed by atoms with E-state index < -0.39 is 0 Å². The molecule has 0 fully saturated rings. The second-order valence-electron chi connectivity index (χ2n) is 3.88. The fourth-order valence-corrected chi connectivity index (χ4v) is 1.52. The maximum Gasteiger partial charge on any atom is 0.243 e. The van der Waals surface area contributed by atoms with Gasteiger partial charge in [-0.3, -0.25) is 4.79 Å². The molecule has 0 saturated carbocycles. The van der Waals surface area contributed by atoms with Crippen LogP contribution in [-0.2, 0) is 4.79 Å². The molecule has 0 heterocycles. The molecule has 0 radical (unpaired) electrons. The molecule has 1 aromatic carbocycles. The predicted octanol–water partition coefficient (Wildman–Crippen LogP) is 3.66. The van der Waals surface area contributed by atoms with Crippen molar-refractivity contribution in [3.05, 3.63) is 40.9 Å². The highest BCUT2D eigenvalue weighted by atomic mass is 35.5. The van der Waals surface area contributed by atoms with Crippen LogP contribution < -0.4 is 5.32 Å². The highest BCUT2D eigenvalue weighted by Crippen LogP contribution is 2.10. The van der Waals surface area contributed by atoms with Crippen molar-refractivity contribution in [1.82, 2.24) is 5.32 Å². The summed E-state index contributed by atoms with van der Waals surface area (Å²) < 4.78 is 0. The summed E-state index contributed by atoms with van der Waals surface area (Å²) in [6.07, 6.45) is 6.69. The fraction of sp³-hybridized carbons (Fsp3) is 0.357. The van der Waals surface area contributed by atoms with E-state index >= 15 is 0 Å². The van der Waals surface area contributed by atoms with Gasteiger partial charge in [-0.2, -0.15) is 0 Å². The van der Waals surface area contributed by atoms with Gasteiger partial charge in [0.2, 0.25) is 5.91 Å². The smallest absolute Gasteiger partial charge is 0.243 e. The molecule has 0 aliphatic rings. The maximum absolute atomic E-state index is 11.4. The van der Waals surface area contributed by atoms with E-state index in [0.29, 0.717) is 5.02 Å². The maximum atomic E-state index is 11.4. The van der Waals surface area contributed by atoms with E-state index in [9.17, 15) is 4.79 Å². The quantitative estimate of drug-likeness (QED) is 0.607. The number of hydrogen-bond donors (Lipinski definition) is 1. The minimum absolute atomic E-state index is 0.0453. The summed E-state index contributed by atoms with van der Waals surface area (Å²) in [5, 5.41) is 3.55. The molecule has 92 valence electrons. The van der Waals surface area contributed by atoms with Crippen molar-refractivity contribution in [2.24, 2.45) is 0 Å². The molecule has 1 amide bonds. The Morgan fingerprint density at radius 1 is 1.29 bits per heavy atom. The second-order valence-corrected chi connectivity index (χ2v) is 4.32. The Labute approximate surface area is 108 Å². The molecule has 1 aromatic rings. The van der Waals surface area contributed by atoms with Crippen molar-refractivity contribution in [2.75, 3.05) is 6.54 Å². The van der Waals surface area contributed by atoms with E-state index in [0.717, 1.165) is 31.4 Å². The van der Waals surface area contributed by atoms with Crippen molar-refractivity contribution in [2.45, 2.75) is 26.2 Å². The fourth-order valence-electron chi connectivity index (χ4n) is 1.39. The average molecular weight is 252 g/mol. The first kappa shape index (κ1) is 13.8. The van der Waals surface area contributed by atoms with Crippen molar-refractivity contribution in [3.8, 4) is 0 Å². The summed E-state index contributed by atoms with van der Waals surface area (Å²) >= 11 is 5.77. The Hall–Kier alpha value is -1.28. The van der Waals surface area contributed by atoms with Gasteiger partial charge in [0, 0.05) is 17.6 Å². The number of benzene rings is 1. The monoisotopic (exact) mass is 251 g/mol. The van der Waals surface area contributed by atoms with Crippen LogP contribution in [0.1, 0.15) is 31.7 Å². The van der Waals surface area contributed by atoms with E-state index in [4.69, 9.17) is 11.6 Å². The van der Waals surface area contributed by atoms with Gasteiger partial charge >= 0.3 is 0 Å². The van der Waals surface area contributed by atoms with E-state index in [2.05, 4.69) is 12.2 Å². The summed E-state index contributed by atoms with van der Waals surface area (Å²) in [6.45, 7) is 2.89. The van der Waals surface area contributed by atoms with Crippen LogP contribution in [0.4, 0.5) is 0 Å². The summed E-state index contributed by atoms with van der Waals surface area (Å²) in [7, 11) is 0. The number of amides is 1. The number of rotatable bonds is 6. The van der Waals surface area contributed by atoms with E-state index in [1.807, 2.05) is 12.1 Å². The minimum atomic E-state index is -0.0453. The lowest BCUT2D eigenvalue weighted by molar-refractivity contribution is -0.116. The van der Waals surface area contributed by atoms with Crippen LogP contribution in [-0.4, -0.2) is 12.5 Å². The van der Waals surface area contributed by atoms with Crippen LogP contribution in [0.3, 0.4) is 0 Å². The summed E-state index contributed by atoms with van der Waals surface area (Å²) in [4.78, 5) is 11.4. The van der Waals surface area contributed by atoms with Gasteiger partial charge in [0.05, 0.1) is 0 Å². The topological polar surface area (TPSA) is 29.1 Å². The van der Waals surface area contributed by atoms with Gasteiger partial charge in [-0.05, 0) is 30.2 Å². The molecule has 0 saturated heterocycles. The lowest BCUT2D eigenvalue weighted by atomic mass is 10.2. The lowest BCUT2D eigenvalue weighted by Gasteiger charge is -2.00. The first-order valence-corrected chi connectivity index (χ1v) is 6.31. The van der Waals surface area contributed by atoms with Crippen molar-refractivity contribution in [1.29, 1.82) is 0 Å². The van der Waals surface area contributed by atoms with Crippen LogP contribution in [0, 0.1) is 0 Å². The third kappa shape index (κ3) is 6.12. The number of carbonyl (C=O) groups excluding carboxylic acids is 1. The summed E-state index contributed by atoms with van der Waals surface area (Å²) in [5.41, 5.74) is 0.970. The molecule has 17 heavy (non-hydrogen) atoms. The highest BCUT2D eigenvalue weighted by molar-refractivity contribution is 6.30. The highest BCUT2D eigenvalue weighted by Gasteiger charge is 1.94. The van der Waals surface area contributed by atoms with Gasteiger partial charge < -0.3 is 5.32 Å². The zero-order valence-corrected chi connectivity index (χ0v) is 10.8. The zero-order valence-electron chi connectivity index (χ0n) is 10.1. The number of nitrogens with one attached hydrogen (secondary N) is 1. The number of unbranched alkanes of at least 4 members (excludes halogenated alkanes) is 2. The van der Waals surface area contributed by atoms with Crippen molar-refractivity contribution in [3.63, 3.8) is 0 Å². The minimum Gasteiger partial charge on any atom is -0.353 e. The number of halogens is 1. The molecular weight excluding hydrogens is 234 g/mol. The van der Waals surface area contributed by atoms with E-state index in [-0.39, 0.29) is 5.91 Å². The molecule has 0 spiro atoms. The average Bonchev–Trinajstić information content (AvgIpc) is 2.34. The zero-order chi connectivity index (χ0) is 12.5. The Bertz CT molecular complexity index is 370. The Morgan fingerprint density at radius 3 is 2.65 bits per heavy atom. The van der Waals surface area contributed by atoms with Gasteiger partial charge in [0.25, 0.3) is 0 Å². The lowest BCUT2D eigenvalue weighted by Crippen LogP contribution is -2.21. The molecule has 1 rings (SSSR count). The first-order valence-electron chi connectivity index (χ1n) is 5.94. The number of hydrogen-bond acceptors (Lipinski definition) is 1. The molecule has 3 heteroatoms. The van der Waals surface area contributed by atoms with Crippen LogP contribution in [0.5, 0.6) is 0 Å². The predicted molar refractivity (Wildman–Crippen MR) is 73.0 cm³/mol. The Kier molecular flexibility index (Phi) is 6.41. The van der Waals surface area contributed by atoms with Crippen molar-refractivity contribution >= 4 is 23.6 Å². The van der Waals surface area contributed by atoms with E-state index in [1.54, 1.807) is 24.3 Å². The van der Waals surface area contributed by atoms with Gasteiger partial charge in [0.1, 0.15) is 0 Å². The second kappa shape index (κ2) is 7.91. The number of carbonyl (C=O) groups is 1. The molecule has 0 bridgehead atoms. The van der Waals surface area contributed by atoms with Gasteiger partial charge in [0.15, 0.2) is 0 Å². The summed E-state index contributed by atoms with van der Waals surface area (Å²) in [5.74, 6) is -0.0453. The Morgan fingerprint density at radius 2 is 2.00 bits per heavy atom. The largest absolute Gasteiger partial charge is 0.353 e. The van der Waals surface area contributed by atoms with Crippen LogP contribution in [0.2, 0.25) is 5.02 Å². The molecule has 0 aromatic heterocycles. The third-order valence-corrected chi connectivity index (χ3v) is 2.63. The Balaban J connectivity index is 2.32. The van der Waals surface area contributed by atoms with Crippen molar-refractivity contribution < 1.29 is 4.79 Å². The van der Waals surface area contributed by atoms with E-state index in [1.165, 1.54) is 0 Å². The molecule has 0 unspecified atom stereocenters. The standard InChI is InChI=1S/C14H18ClNO/c1-2-3-4-11-16-14(17)10-7-12-5-8-13(15)9-6-12/h5-10H,2-4,11H2,1H3,(H,16,17). The SMILES string of the molecule is CCCCCNC(=O)C=Cc1ccc(Cl)cc1. The van der Waals surface area contributed by atoms with Gasteiger partial charge in [-0.1, -0.05) is 43.5 Å². The first-order chi connectivity index (χ1) is 8.22. The molecular formula is C14H18ClNO. The molecule has 1 N–H and O–H groups in total. The molecule has 0 aliphatic carbocycles. The van der Waals surface area contributed by atoms with Crippen LogP contribution >= 0.6 is 11.6 Å². The van der Waals surface area contributed by atoms with Crippen LogP contribution in [0.25, 0.3) is 6.08 Å². The van der Waals surface area contributed by atoms with Gasteiger partial charge in [-0.15, -0.1) is 0 Å². The molecule has 2 nitrogen and oxygen atoms in total. The summed E-state index contributed by atoms with van der Waals surface area (Å²) in [6, 6.07) is 7.37. The normalized spacial score (nSPS) is 10.7. The van der Waals surface area contributed by atoms with Gasteiger partial charge in [-0.25, -0.2) is 0 Å². The molecule has 0 atom stereocenters. The molecule has 0 aliphatic heterocycles. The third-order valence-electron chi connectivity index (χ3n) is 2.38. The van der Waals surface area contributed by atoms with Crippen LogP contribution in [0.15, 0.2) is 30.3 Å².